The molecule has 2 heteroatoms. The summed E-state index contributed by atoms with van der Waals surface area (Å²) in [6.45, 7) is 0. The fraction of sp³-hybridized carbons (Fsp3) is 1.00. The molecule has 1 rings (SSSR count). The van der Waals surface area contributed by atoms with Crippen LogP contribution in [0.4, 0.5) is 0 Å². The third-order valence-electron chi connectivity index (χ3n) is 1.02. The molecule has 0 aliphatic heterocycles. The lowest BCUT2D eigenvalue weighted by Crippen LogP contribution is -2.23. The number of hydrogen-bond donors (Lipinski definition) is 0. The molecule has 0 aromatic heterocycles. The Labute approximate surface area is 47.4 Å². The second-order valence-corrected chi connectivity index (χ2v) is 2.90. The van der Waals surface area contributed by atoms with Crippen molar-refractivity contribution in [2.75, 3.05) is 0 Å². The standard InChI is InChI=1S/C4H6Cl2/c5-3-1-4(6)2-3/h3-4H,1-2H2/t3-,4-. The van der Waals surface area contributed by atoms with Gasteiger partial charge in [0.05, 0.1) is 0 Å². The molecule has 0 nitrogen and oxygen atoms in total. The van der Waals surface area contributed by atoms with E-state index in [0.717, 1.165) is 12.8 Å². The van der Waals surface area contributed by atoms with Crippen LogP contribution in [-0.2, 0) is 0 Å². The highest BCUT2D eigenvalue weighted by atomic mass is 35.5. The van der Waals surface area contributed by atoms with E-state index in [4.69, 9.17) is 23.2 Å². The molecule has 0 amide bonds. The van der Waals surface area contributed by atoms with Gasteiger partial charge in [0.15, 0.2) is 0 Å². The summed E-state index contributed by atoms with van der Waals surface area (Å²) < 4.78 is 0. The zero-order valence-corrected chi connectivity index (χ0v) is 4.84. The molecule has 0 heterocycles. The maximum Gasteiger partial charge on any atom is 0.0364 e. The van der Waals surface area contributed by atoms with Crippen LogP contribution in [-0.4, -0.2) is 10.8 Å². The van der Waals surface area contributed by atoms with Gasteiger partial charge in [0.2, 0.25) is 0 Å². The molecular formula is C4H6Cl2. The summed E-state index contributed by atoms with van der Waals surface area (Å²) in [6.07, 6.45) is 2.01. The minimum atomic E-state index is 0.382. The van der Waals surface area contributed by atoms with E-state index in [9.17, 15) is 0 Å². The second kappa shape index (κ2) is 1.59. The molecule has 0 aromatic carbocycles. The van der Waals surface area contributed by atoms with Gasteiger partial charge in [-0.3, -0.25) is 0 Å². The molecule has 1 saturated carbocycles. The van der Waals surface area contributed by atoms with E-state index in [2.05, 4.69) is 0 Å². The summed E-state index contributed by atoms with van der Waals surface area (Å²) in [6, 6.07) is 0. The molecule has 0 aromatic rings. The maximum absolute atomic E-state index is 5.56. The van der Waals surface area contributed by atoms with Crippen molar-refractivity contribution >= 4 is 23.2 Å². The summed E-state index contributed by atoms with van der Waals surface area (Å²) in [7, 11) is 0. The molecule has 1 aliphatic carbocycles. The molecule has 0 radical (unpaired) electrons. The zero-order valence-electron chi connectivity index (χ0n) is 3.32. The third-order valence-corrected chi connectivity index (χ3v) is 1.74. The van der Waals surface area contributed by atoms with Crippen LogP contribution in [0.25, 0.3) is 0 Å². The highest BCUT2D eigenvalue weighted by Crippen LogP contribution is 2.29. The summed E-state index contributed by atoms with van der Waals surface area (Å²) >= 11 is 11.1. The van der Waals surface area contributed by atoms with Gasteiger partial charge >= 0.3 is 0 Å². The van der Waals surface area contributed by atoms with E-state index in [1.54, 1.807) is 0 Å². The van der Waals surface area contributed by atoms with Crippen molar-refractivity contribution in [1.82, 2.24) is 0 Å². The molecule has 1 fully saturated rings. The quantitative estimate of drug-likeness (QED) is 0.434. The van der Waals surface area contributed by atoms with E-state index in [-0.39, 0.29) is 0 Å². The van der Waals surface area contributed by atoms with Crippen molar-refractivity contribution < 1.29 is 0 Å². The Kier molecular flexibility index (Phi) is 1.25. The normalized spacial score (nSPS) is 45.0. The van der Waals surface area contributed by atoms with Crippen molar-refractivity contribution in [1.29, 1.82) is 0 Å². The number of rotatable bonds is 0. The minimum absolute atomic E-state index is 0.382. The van der Waals surface area contributed by atoms with Crippen LogP contribution in [0.5, 0.6) is 0 Å². The molecule has 1 aliphatic rings. The van der Waals surface area contributed by atoms with E-state index < -0.39 is 0 Å². The Bertz CT molecular complexity index is 41.5. The topological polar surface area (TPSA) is 0 Å². The lowest BCUT2D eigenvalue weighted by molar-refractivity contribution is 0.524. The zero-order chi connectivity index (χ0) is 4.57. The van der Waals surface area contributed by atoms with E-state index in [1.807, 2.05) is 0 Å². The lowest BCUT2D eigenvalue weighted by Gasteiger charge is -2.24. The monoisotopic (exact) mass is 124 g/mol. The first-order chi connectivity index (χ1) is 2.79. The number of alkyl halides is 2. The van der Waals surface area contributed by atoms with Gasteiger partial charge in [-0.1, -0.05) is 0 Å². The van der Waals surface area contributed by atoms with Gasteiger partial charge in [0.25, 0.3) is 0 Å². The fourth-order valence-electron chi connectivity index (χ4n) is 0.486. The van der Waals surface area contributed by atoms with Crippen LogP contribution in [0, 0.1) is 0 Å². The van der Waals surface area contributed by atoms with Gasteiger partial charge in [0.1, 0.15) is 0 Å². The summed E-state index contributed by atoms with van der Waals surface area (Å²) in [4.78, 5) is 0. The van der Waals surface area contributed by atoms with Gasteiger partial charge in [-0.25, -0.2) is 0 Å². The highest BCUT2D eigenvalue weighted by molar-refractivity contribution is 6.26. The molecule has 0 N–H and O–H groups in total. The molecule has 0 spiro atoms. The Morgan fingerprint density at radius 2 is 1.33 bits per heavy atom. The smallest absolute Gasteiger partial charge is 0.0364 e. The first-order valence-corrected chi connectivity index (χ1v) is 2.94. The van der Waals surface area contributed by atoms with Crippen molar-refractivity contribution in [2.24, 2.45) is 0 Å². The van der Waals surface area contributed by atoms with Gasteiger partial charge in [-0.05, 0) is 12.8 Å². The van der Waals surface area contributed by atoms with Crippen molar-refractivity contribution in [3.05, 3.63) is 0 Å². The molecular weight excluding hydrogens is 119 g/mol. The molecule has 0 saturated heterocycles. The summed E-state index contributed by atoms with van der Waals surface area (Å²) in [5.74, 6) is 0. The molecule has 0 unspecified atom stereocenters. The first-order valence-electron chi connectivity index (χ1n) is 2.07. The molecule has 0 atom stereocenters. The predicted molar refractivity (Wildman–Crippen MR) is 28.5 cm³/mol. The van der Waals surface area contributed by atoms with Crippen molar-refractivity contribution in [3.63, 3.8) is 0 Å². The Morgan fingerprint density at radius 1 is 1.00 bits per heavy atom. The van der Waals surface area contributed by atoms with Crippen LogP contribution in [0.3, 0.4) is 0 Å². The number of hydrogen-bond acceptors (Lipinski definition) is 0. The van der Waals surface area contributed by atoms with Crippen LogP contribution in [0.15, 0.2) is 0 Å². The molecule has 0 bridgehead atoms. The SMILES string of the molecule is Cl[C@H]1C[C@H](Cl)C1. The average molecular weight is 125 g/mol. The Balaban J connectivity index is 2.11. The fourth-order valence-corrected chi connectivity index (χ4v) is 1.53. The predicted octanol–water partition coefficient (Wildman–Crippen LogP) is 2.00. The van der Waals surface area contributed by atoms with Gasteiger partial charge in [-0.15, -0.1) is 23.2 Å². The van der Waals surface area contributed by atoms with Crippen molar-refractivity contribution in [2.45, 2.75) is 23.6 Å². The Hall–Kier alpha value is 0.580. The third kappa shape index (κ3) is 0.797. The summed E-state index contributed by atoms with van der Waals surface area (Å²) in [5, 5.41) is 0.764. The second-order valence-electron chi connectivity index (χ2n) is 1.67. The van der Waals surface area contributed by atoms with Crippen LogP contribution in [0.2, 0.25) is 0 Å². The summed E-state index contributed by atoms with van der Waals surface area (Å²) in [5.41, 5.74) is 0. The first kappa shape index (κ1) is 4.73. The maximum atomic E-state index is 5.56. The lowest BCUT2D eigenvalue weighted by atomic mass is 9.99. The molecule has 36 valence electrons. The minimum Gasteiger partial charge on any atom is -0.123 e. The average Bonchev–Trinajstić information content (AvgIpc) is 1.33. The van der Waals surface area contributed by atoms with Crippen molar-refractivity contribution in [3.8, 4) is 0 Å². The van der Waals surface area contributed by atoms with Crippen LogP contribution >= 0.6 is 23.2 Å². The largest absolute Gasteiger partial charge is 0.123 e. The van der Waals surface area contributed by atoms with Gasteiger partial charge in [-0.2, -0.15) is 0 Å². The molecule has 6 heavy (non-hydrogen) atoms. The van der Waals surface area contributed by atoms with Gasteiger partial charge < -0.3 is 0 Å². The highest BCUT2D eigenvalue weighted by Gasteiger charge is 2.24. The number of halogens is 2. The van der Waals surface area contributed by atoms with Crippen LogP contribution < -0.4 is 0 Å². The van der Waals surface area contributed by atoms with E-state index >= 15 is 0 Å². The Morgan fingerprint density at radius 3 is 1.33 bits per heavy atom. The van der Waals surface area contributed by atoms with E-state index in [0.29, 0.717) is 10.8 Å². The van der Waals surface area contributed by atoms with Crippen LogP contribution in [0.1, 0.15) is 12.8 Å². The van der Waals surface area contributed by atoms with Gasteiger partial charge in [0, 0.05) is 10.8 Å². The van der Waals surface area contributed by atoms with E-state index in [1.165, 1.54) is 0 Å².